The van der Waals surface area contributed by atoms with E-state index in [0.29, 0.717) is 48.7 Å². The average Bonchev–Trinajstić information content (AvgIpc) is 3.58. The highest BCUT2D eigenvalue weighted by atomic mass is 32.2. The molecule has 2 saturated heterocycles. The number of hydrogen-bond donors (Lipinski definition) is 3. The second kappa shape index (κ2) is 16.3. The van der Waals surface area contributed by atoms with Gasteiger partial charge in [0.15, 0.2) is 5.65 Å². The third-order valence-corrected chi connectivity index (χ3v) is 10.1. The fourth-order valence-electron chi connectivity index (χ4n) is 5.92. The fourth-order valence-corrected chi connectivity index (χ4v) is 7.03. The largest absolute Gasteiger partial charge is 0.496 e. The first-order valence-electron chi connectivity index (χ1n) is 16.4. The van der Waals surface area contributed by atoms with E-state index in [9.17, 15) is 19.6 Å². The molecule has 0 saturated carbocycles. The number of ether oxygens (including phenoxy) is 2. The van der Waals surface area contributed by atoms with Crippen molar-refractivity contribution in [2.75, 3.05) is 64.5 Å². The smallest absolute Gasteiger partial charge is 0.321 e. The van der Waals surface area contributed by atoms with Gasteiger partial charge in [0.25, 0.3) is 0 Å². The van der Waals surface area contributed by atoms with Gasteiger partial charge in [-0.1, -0.05) is 25.5 Å². The van der Waals surface area contributed by atoms with Gasteiger partial charge in [0.05, 0.1) is 30.9 Å². The Morgan fingerprint density at radius 1 is 1.14 bits per heavy atom. The van der Waals surface area contributed by atoms with Crippen LogP contribution in [0.4, 0.5) is 5.82 Å². The molecule has 262 valence electrons. The second-order valence-corrected chi connectivity index (χ2v) is 13.4. The SMILES string of the molecule is CCCCOc1nc(N)c2cc(C#N)n(Cc3ccc(CN4CCN(CCN5C(=O)C[C@H](SC[C@H](N)C(=O)O)C5=O)CC4)cc3OC)c2n1. The lowest BCUT2D eigenvalue weighted by molar-refractivity contribution is -0.139. The van der Waals surface area contributed by atoms with Crippen molar-refractivity contribution in [2.45, 2.75) is 50.6 Å². The number of nitrogen functional groups attached to an aromatic ring is 1. The predicted molar refractivity (Wildman–Crippen MR) is 184 cm³/mol. The van der Waals surface area contributed by atoms with Crippen LogP contribution in [0.1, 0.15) is 43.0 Å². The minimum atomic E-state index is -1.13. The number of nitrogens with two attached hydrogens (primary N) is 2. The van der Waals surface area contributed by atoms with E-state index < -0.39 is 17.3 Å². The highest BCUT2D eigenvalue weighted by Gasteiger charge is 2.39. The summed E-state index contributed by atoms with van der Waals surface area (Å²) in [7, 11) is 1.63. The van der Waals surface area contributed by atoms with E-state index in [1.807, 2.05) is 12.1 Å². The number of aliphatic carboxylic acids is 1. The average molecular weight is 694 g/mol. The number of carbonyl (C=O) groups excluding carboxylic acids is 2. The molecule has 0 aliphatic carbocycles. The number of amides is 2. The number of carboxylic acids is 1. The Kier molecular flexibility index (Phi) is 11.9. The van der Waals surface area contributed by atoms with Gasteiger partial charge in [-0.2, -0.15) is 15.2 Å². The van der Waals surface area contributed by atoms with Crippen molar-refractivity contribution in [3.05, 3.63) is 41.1 Å². The molecule has 2 amide bonds. The molecule has 0 radical (unpaired) electrons. The first-order chi connectivity index (χ1) is 23.6. The first-order valence-corrected chi connectivity index (χ1v) is 17.4. The van der Waals surface area contributed by atoms with Crippen LogP contribution in [0.5, 0.6) is 11.8 Å². The lowest BCUT2D eigenvalue weighted by atomic mass is 10.1. The minimum absolute atomic E-state index is 0.0748. The van der Waals surface area contributed by atoms with Gasteiger partial charge < -0.3 is 30.6 Å². The van der Waals surface area contributed by atoms with Crippen molar-refractivity contribution in [3.8, 4) is 17.8 Å². The Labute approximate surface area is 289 Å². The summed E-state index contributed by atoms with van der Waals surface area (Å²) in [5, 5.41) is 18.9. The molecule has 5 rings (SSSR count). The molecule has 1 aromatic carbocycles. The lowest BCUT2D eigenvalue weighted by Crippen LogP contribution is -2.48. The van der Waals surface area contributed by atoms with Crippen LogP contribution in [-0.4, -0.2) is 122 Å². The number of methoxy groups -OCH3 is 1. The predicted octanol–water partition coefficient (Wildman–Crippen LogP) is 1.51. The van der Waals surface area contributed by atoms with Gasteiger partial charge in [-0.25, -0.2) is 0 Å². The highest BCUT2D eigenvalue weighted by molar-refractivity contribution is 8.00. The van der Waals surface area contributed by atoms with Crippen LogP contribution in [0.15, 0.2) is 24.3 Å². The Balaban J connectivity index is 1.16. The molecule has 3 aromatic rings. The van der Waals surface area contributed by atoms with Crippen LogP contribution < -0.4 is 20.9 Å². The summed E-state index contributed by atoms with van der Waals surface area (Å²) in [6, 6.07) is 9.14. The highest BCUT2D eigenvalue weighted by Crippen LogP contribution is 2.29. The molecule has 16 heteroatoms. The van der Waals surface area contributed by atoms with Crippen molar-refractivity contribution in [1.82, 2.24) is 29.2 Å². The van der Waals surface area contributed by atoms with Gasteiger partial charge in [-0.05, 0) is 24.1 Å². The molecule has 5 N–H and O–H groups in total. The van der Waals surface area contributed by atoms with Crippen LogP contribution in [-0.2, 0) is 27.5 Å². The topological polar surface area (TPSA) is 206 Å². The van der Waals surface area contributed by atoms with E-state index in [1.54, 1.807) is 17.7 Å². The Bertz CT molecular complexity index is 1720. The number of rotatable bonds is 16. The Morgan fingerprint density at radius 2 is 1.90 bits per heavy atom. The van der Waals surface area contributed by atoms with Crippen LogP contribution >= 0.6 is 11.8 Å². The molecule has 2 aliphatic rings. The summed E-state index contributed by atoms with van der Waals surface area (Å²) < 4.78 is 13.3. The van der Waals surface area contributed by atoms with Gasteiger partial charge in [0.2, 0.25) is 11.8 Å². The van der Waals surface area contributed by atoms with Crippen LogP contribution in [0, 0.1) is 11.3 Å². The monoisotopic (exact) mass is 693 g/mol. The number of aromatic nitrogens is 3. The van der Waals surface area contributed by atoms with E-state index in [1.165, 1.54) is 4.90 Å². The molecule has 15 nitrogen and oxygen atoms in total. The zero-order valence-corrected chi connectivity index (χ0v) is 28.7. The zero-order valence-electron chi connectivity index (χ0n) is 27.8. The Hall–Kier alpha value is -4.43. The van der Waals surface area contributed by atoms with Crippen molar-refractivity contribution in [3.63, 3.8) is 0 Å². The number of piperazine rings is 1. The molecule has 0 unspecified atom stereocenters. The fraction of sp³-hybridized carbons (Fsp3) is 0.515. The number of nitriles is 1. The van der Waals surface area contributed by atoms with Crippen LogP contribution in [0.25, 0.3) is 11.0 Å². The standard InChI is InChI=1S/C33H43N9O6S/c1-3-4-13-48-33-37-29(36)24-15-23(17-34)42(30(24)38-33)19-22-6-5-21(14-26(22)47-2)18-40-9-7-39(8-10-40)11-12-41-28(43)16-27(31(41)44)49-20-25(35)32(45)46/h5-6,14-15,25,27H,3-4,7-13,16,18-20,35H2,1-2H3,(H,45,46)(H2,36,37,38)/t25-,27-/m0/s1. The molecule has 0 spiro atoms. The molecular weight excluding hydrogens is 650 g/mol. The Morgan fingerprint density at radius 3 is 2.59 bits per heavy atom. The number of nitrogens with zero attached hydrogens (tertiary/aromatic N) is 7. The maximum absolute atomic E-state index is 12.8. The summed E-state index contributed by atoms with van der Waals surface area (Å²) in [5.41, 5.74) is 14.7. The lowest BCUT2D eigenvalue weighted by Gasteiger charge is -2.35. The van der Waals surface area contributed by atoms with Gasteiger partial charge in [-0.15, -0.1) is 11.8 Å². The van der Waals surface area contributed by atoms with Gasteiger partial charge in [0.1, 0.15) is 29.4 Å². The van der Waals surface area contributed by atoms with Crippen molar-refractivity contribution in [2.24, 2.45) is 5.73 Å². The minimum Gasteiger partial charge on any atom is -0.496 e. The van der Waals surface area contributed by atoms with E-state index >= 15 is 0 Å². The summed E-state index contributed by atoms with van der Waals surface area (Å²) in [6.07, 6.45) is 1.91. The molecule has 2 fully saturated rings. The number of carbonyl (C=O) groups is 3. The molecule has 0 bridgehead atoms. The van der Waals surface area contributed by atoms with Crippen molar-refractivity contribution < 1.29 is 29.0 Å². The second-order valence-electron chi connectivity index (χ2n) is 12.2. The van der Waals surface area contributed by atoms with E-state index in [2.05, 4.69) is 38.8 Å². The first kappa shape index (κ1) is 35.9. The summed E-state index contributed by atoms with van der Waals surface area (Å²) in [4.78, 5) is 51.0. The van der Waals surface area contributed by atoms with Crippen LogP contribution in [0.3, 0.4) is 0 Å². The third kappa shape index (κ3) is 8.60. The molecule has 2 aliphatic heterocycles. The number of thioether (sulfide) groups is 1. The molecule has 4 heterocycles. The van der Waals surface area contributed by atoms with Gasteiger partial charge >= 0.3 is 12.0 Å². The third-order valence-electron chi connectivity index (χ3n) is 8.79. The number of benzene rings is 1. The molecule has 49 heavy (non-hydrogen) atoms. The normalized spacial score (nSPS) is 17.8. The molecular formula is C33H43N9O6S. The van der Waals surface area contributed by atoms with Crippen LogP contribution in [0.2, 0.25) is 0 Å². The van der Waals surface area contributed by atoms with E-state index in [0.717, 1.165) is 68.5 Å². The number of carboxylic acid groups (broad SMARTS) is 1. The number of unbranched alkanes of at least 4 members (excludes halogenated alkanes) is 1. The van der Waals surface area contributed by atoms with Gasteiger partial charge in [-0.3, -0.25) is 29.1 Å². The van der Waals surface area contributed by atoms with Crippen molar-refractivity contribution in [1.29, 1.82) is 5.26 Å². The summed E-state index contributed by atoms with van der Waals surface area (Å²) in [5.74, 6) is -0.583. The molecule has 2 atom stereocenters. The number of hydrogen-bond acceptors (Lipinski definition) is 13. The van der Waals surface area contributed by atoms with Gasteiger partial charge in [0, 0.05) is 63.6 Å². The van der Waals surface area contributed by atoms with E-state index in [4.69, 9.17) is 26.0 Å². The molecule has 2 aromatic heterocycles. The number of fused-ring (bicyclic) bond motifs is 1. The maximum Gasteiger partial charge on any atom is 0.321 e. The summed E-state index contributed by atoms with van der Waals surface area (Å²) in [6.45, 7) is 7.75. The zero-order chi connectivity index (χ0) is 35.1. The number of imide groups is 1. The van der Waals surface area contributed by atoms with Crippen molar-refractivity contribution >= 4 is 46.4 Å². The number of anilines is 1. The quantitative estimate of drug-likeness (QED) is 0.144. The maximum atomic E-state index is 12.8. The summed E-state index contributed by atoms with van der Waals surface area (Å²) >= 11 is 1.13. The number of likely N-dealkylation sites (tertiary alicyclic amines) is 1. The van der Waals surface area contributed by atoms with E-state index in [-0.39, 0.29) is 35.8 Å².